The molecule has 0 amide bonds. The maximum absolute atomic E-state index is 10.7. The molecule has 2 N–H and O–H groups in total. The highest BCUT2D eigenvalue weighted by molar-refractivity contribution is 9.10. The minimum atomic E-state index is 0.305. The summed E-state index contributed by atoms with van der Waals surface area (Å²) in [4.78, 5) is 0. The molecule has 4 heteroatoms. The first-order chi connectivity index (χ1) is 12.0. The summed E-state index contributed by atoms with van der Waals surface area (Å²) in [5, 5.41) is 15.3. The Morgan fingerprint density at radius 1 is 1.16 bits per heavy atom. The van der Waals surface area contributed by atoms with Gasteiger partial charge in [-0.15, -0.1) is 0 Å². The van der Waals surface area contributed by atoms with E-state index >= 15 is 0 Å². The number of anilines is 1. The summed E-state index contributed by atoms with van der Waals surface area (Å²) < 4.78 is 6.78. The quantitative estimate of drug-likeness (QED) is 0.566. The van der Waals surface area contributed by atoms with Crippen molar-refractivity contribution in [3.05, 3.63) is 56.8 Å². The van der Waals surface area contributed by atoms with Crippen molar-refractivity contribution in [3.8, 4) is 5.75 Å². The van der Waals surface area contributed by atoms with Gasteiger partial charge >= 0.3 is 0 Å². The summed E-state index contributed by atoms with van der Waals surface area (Å²) in [5.74, 6) is 1.39. The van der Waals surface area contributed by atoms with E-state index in [1.807, 2.05) is 6.07 Å². The number of phenolic OH excluding ortho intramolecular Hbond substituents is 1. The fourth-order valence-corrected chi connectivity index (χ4v) is 4.19. The molecule has 130 valence electrons. The number of aromatic hydroxyl groups is 1. The van der Waals surface area contributed by atoms with E-state index in [-0.39, 0.29) is 0 Å². The Morgan fingerprint density at radius 3 is 2.80 bits per heavy atom. The Bertz CT molecular complexity index is 958. The highest BCUT2D eigenvalue weighted by Gasteiger charge is 2.23. The highest BCUT2D eigenvalue weighted by Crippen LogP contribution is 2.41. The fraction of sp³-hybridized carbons (Fsp3) is 0.333. The summed E-state index contributed by atoms with van der Waals surface area (Å²) in [5.41, 5.74) is 6.58. The third kappa shape index (κ3) is 2.93. The number of halogens is 1. The maximum atomic E-state index is 10.7. The SMILES string of the molecule is Cc1ccc(C)c(NCc2c(O)c(Br)cc3oc4c(c23)CCCC4)c1. The first kappa shape index (κ1) is 16.5. The van der Waals surface area contributed by atoms with Crippen molar-refractivity contribution in [1.29, 1.82) is 0 Å². The standard InChI is InChI=1S/C21H22BrNO2/c1-12-7-8-13(2)17(9-12)23-11-15-20-14-5-3-4-6-18(14)25-19(20)10-16(22)21(15)24/h7-10,23-24H,3-6,11H2,1-2H3. The van der Waals surface area contributed by atoms with Crippen molar-refractivity contribution in [2.24, 2.45) is 0 Å². The second kappa shape index (κ2) is 6.41. The lowest BCUT2D eigenvalue weighted by Gasteiger charge is -2.15. The second-order valence-electron chi connectivity index (χ2n) is 6.94. The molecule has 0 aliphatic heterocycles. The van der Waals surface area contributed by atoms with E-state index < -0.39 is 0 Å². The number of fused-ring (bicyclic) bond motifs is 3. The minimum Gasteiger partial charge on any atom is -0.506 e. The average Bonchev–Trinajstić information content (AvgIpc) is 2.96. The summed E-state index contributed by atoms with van der Waals surface area (Å²) in [6.07, 6.45) is 4.38. The monoisotopic (exact) mass is 399 g/mol. The van der Waals surface area contributed by atoms with Gasteiger partial charge in [0.25, 0.3) is 0 Å². The third-order valence-corrected chi connectivity index (χ3v) is 5.72. The molecule has 1 aromatic heterocycles. The Labute approximate surface area is 156 Å². The largest absolute Gasteiger partial charge is 0.506 e. The van der Waals surface area contributed by atoms with Crippen LogP contribution in [0.15, 0.2) is 33.2 Å². The van der Waals surface area contributed by atoms with Crippen LogP contribution in [0.1, 0.15) is 40.9 Å². The molecule has 3 aromatic rings. The van der Waals surface area contributed by atoms with E-state index in [1.165, 1.54) is 29.5 Å². The van der Waals surface area contributed by atoms with Gasteiger partial charge in [0.15, 0.2) is 0 Å². The van der Waals surface area contributed by atoms with Crippen LogP contribution in [0.4, 0.5) is 5.69 Å². The minimum absolute atomic E-state index is 0.305. The first-order valence-corrected chi connectivity index (χ1v) is 9.59. The number of rotatable bonds is 3. The zero-order valence-electron chi connectivity index (χ0n) is 14.6. The molecular formula is C21H22BrNO2. The van der Waals surface area contributed by atoms with Gasteiger partial charge in [-0.3, -0.25) is 0 Å². The van der Waals surface area contributed by atoms with Crippen molar-refractivity contribution in [3.63, 3.8) is 0 Å². The summed E-state index contributed by atoms with van der Waals surface area (Å²) in [6, 6.07) is 8.27. The van der Waals surface area contributed by atoms with E-state index in [0.29, 0.717) is 16.8 Å². The van der Waals surface area contributed by atoms with Crippen LogP contribution < -0.4 is 5.32 Å². The number of hydrogen-bond acceptors (Lipinski definition) is 3. The molecule has 4 rings (SSSR count). The molecule has 0 saturated heterocycles. The molecule has 2 aromatic carbocycles. The number of aryl methyl sites for hydroxylation is 4. The van der Waals surface area contributed by atoms with Crippen LogP contribution in [0.25, 0.3) is 11.0 Å². The number of furan rings is 1. The first-order valence-electron chi connectivity index (χ1n) is 8.80. The van der Waals surface area contributed by atoms with Gasteiger partial charge in [0.2, 0.25) is 0 Å². The van der Waals surface area contributed by atoms with Crippen molar-refractivity contribution >= 4 is 32.6 Å². The maximum Gasteiger partial charge on any atom is 0.136 e. The van der Waals surface area contributed by atoms with Crippen LogP contribution in [0.2, 0.25) is 0 Å². The Balaban J connectivity index is 1.79. The van der Waals surface area contributed by atoms with Crippen LogP contribution in [0, 0.1) is 13.8 Å². The fourth-order valence-electron chi connectivity index (χ4n) is 3.75. The van der Waals surface area contributed by atoms with Crippen LogP contribution in [0.3, 0.4) is 0 Å². The molecule has 0 atom stereocenters. The van der Waals surface area contributed by atoms with Crippen LogP contribution in [-0.2, 0) is 19.4 Å². The molecule has 0 bridgehead atoms. The molecule has 1 aliphatic carbocycles. The molecular weight excluding hydrogens is 378 g/mol. The van der Waals surface area contributed by atoms with Gasteiger partial charge < -0.3 is 14.8 Å². The molecule has 0 radical (unpaired) electrons. The van der Waals surface area contributed by atoms with Crippen LogP contribution >= 0.6 is 15.9 Å². The van der Waals surface area contributed by atoms with Gasteiger partial charge in [-0.05, 0) is 72.3 Å². The lowest BCUT2D eigenvalue weighted by molar-refractivity contribution is 0.466. The number of nitrogens with one attached hydrogen (secondary N) is 1. The van der Waals surface area contributed by atoms with Gasteiger partial charge in [0, 0.05) is 35.2 Å². The van der Waals surface area contributed by atoms with Crippen LogP contribution in [0.5, 0.6) is 5.75 Å². The normalized spacial score (nSPS) is 13.9. The molecule has 3 nitrogen and oxygen atoms in total. The number of benzene rings is 2. The lowest BCUT2D eigenvalue weighted by atomic mass is 9.93. The zero-order valence-corrected chi connectivity index (χ0v) is 16.2. The zero-order chi connectivity index (χ0) is 17.6. The van der Waals surface area contributed by atoms with Gasteiger partial charge in [-0.25, -0.2) is 0 Å². The van der Waals surface area contributed by atoms with Crippen molar-refractivity contribution in [1.82, 2.24) is 0 Å². The number of hydrogen-bond donors (Lipinski definition) is 2. The van der Waals surface area contributed by atoms with E-state index in [4.69, 9.17) is 4.42 Å². The molecule has 0 saturated carbocycles. The van der Waals surface area contributed by atoms with Gasteiger partial charge in [0.1, 0.15) is 17.1 Å². The summed E-state index contributed by atoms with van der Waals surface area (Å²) in [7, 11) is 0. The predicted octanol–water partition coefficient (Wildman–Crippen LogP) is 6.01. The smallest absolute Gasteiger partial charge is 0.136 e. The Morgan fingerprint density at radius 2 is 1.96 bits per heavy atom. The van der Waals surface area contributed by atoms with Crippen molar-refractivity contribution < 1.29 is 9.52 Å². The summed E-state index contributed by atoms with van der Waals surface area (Å²) >= 11 is 3.48. The van der Waals surface area contributed by atoms with Gasteiger partial charge in [-0.1, -0.05) is 12.1 Å². The molecule has 0 spiro atoms. The Kier molecular flexibility index (Phi) is 4.24. The predicted molar refractivity (Wildman–Crippen MR) is 105 cm³/mol. The number of phenols is 1. The molecule has 1 heterocycles. The molecule has 0 unspecified atom stereocenters. The third-order valence-electron chi connectivity index (χ3n) is 5.12. The summed E-state index contributed by atoms with van der Waals surface area (Å²) in [6.45, 7) is 4.75. The highest BCUT2D eigenvalue weighted by atomic mass is 79.9. The Hall–Kier alpha value is -1.94. The van der Waals surface area contributed by atoms with Gasteiger partial charge in [0.05, 0.1) is 4.47 Å². The van der Waals surface area contributed by atoms with Crippen LogP contribution in [-0.4, -0.2) is 5.11 Å². The second-order valence-corrected chi connectivity index (χ2v) is 7.80. The molecule has 1 aliphatic rings. The molecule has 0 fully saturated rings. The lowest BCUT2D eigenvalue weighted by Crippen LogP contribution is -2.04. The van der Waals surface area contributed by atoms with Crippen molar-refractivity contribution in [2.75, 3.05) is 5.32 Å². The molecule has 25 heavy (non-hydrogen) atoms. The van der Waals surface area contributed by atoms with Crippen molar-refractivity contribution in [2.45, 2.75) is 46.1 Å². The average molecular weight is 400 g/mol. The van der Waals surface area contributed by atoms with E-state index in [1.54, 1.807) is 0 Å². The van der Waals surface area contributed by atoms with E-state index in [2.05, 4.69) is 53.3 Å². The van der Waals surface area contributed by atoms with E-state index in [9.17, 15) is 5.11 Å². The van der Waals surface area contributed by atoms with Gasteiger partial charge in [-0.2, -0.15) is 0 Å². The topological polar surface area (TPSA) is 45.4 Å². The van der Waals surface area contributed by atoms with E-state index in [0.717, 1.165) is 40.8 Å².